The first-order chi connectivity index (χ1) is 16.7. The van der Waals surface area contributed by atoms with Gasteiger partial charge in [-0.1, -0.05) is 18.1 Å². The molecule has 1 fully saturated rings. The van der Waals surface area contributed by atoms with Crippen LogP contribution >= 0.6 is 0 Å². The van der Waals surface area contributed by atoms with Gasteiger partial charge in [0.05, 0.1) is 17.8 Å². The summed E-state index contributed by atoms with van der Waals surface area (Å²) in [5, 5.41) is 7.41. The molecule has 0 saturated carbocycles. The van der Waals surface area contributed by atoms with Gasteiger partial charge in [-0.2, -0.15) is 13.2 Å². The first kappa shape index (κ1) is 25.3. The van der Waals surface area contributed by atoms with Crippen molar-refractivity contribution in [3.63, 3.8) is 0 Å². The minimum Gasteiger partial charge on any atom is -0.612 e. The number of piperidine rings is 1. The van der Waals surface area contributed by atoms with Crippen LogP contribution in [0, 0.1) is 11.8 Å². The summed E-state index contributed by atoms with van der Waals surface area (Å²) in [6.07, 6.45) is -0.787. The van der Waals surface area contributed by atoms with Crippen LogP contribution in [0.5, 0.6) is 0 Å². The smallest absolute Gasteiger partial charge is 0.406 e. The van der Waals surface area contributed by atoms with E-state index < -0.39 is 23.9 Å². The number of likely N-dealkylation sites (tertiary alicyclic amines) is 1. The highest BCUT2D eigenvalue weighted by atomic mass is 32.2. The van der Waals surface area contributed by atoms with E-state index in [9.17, 15) is 17.7 Å². The van der Waals surface area contributed by atoms with E-state index >= 15 is 0 Å². The molecule has 1 aliphatic rings. The zero-order chi connectivity index (χ0) is 25.0. The van der Waals surface area contributed by atoms with Gasteiger partial charge in [-0.3, -0.25) is 0 Å². The second-order valence-electron chi connectivity index (χ2n) is 8.83. The van der Waals surface area contributed by atoms with Crippen molar-refractivity contribution < 1.29 is 17.7 Å². The van der Waals surface area contributed by atoms with Gasteiger partial charge in [-0.25, -0.2) is 0 Å². The third-order valence-corrected chi connectivity index (χ3v) is 7.04. The summed E-state index contributed by atoms with van der Waals surface area (Å²) >= 11 is -1.10. The second kappa shape index (κ2) is 10.9. The molecule has 1 atom stereocenters. The minimum absolute atomic E-state index is 0.244. The van der Waals surface area contributed by atoms with Crippen LogP contribution in [0.2, 0.25) is 0 Å². The predicted octanol–water partition coefficient (Wildman–Crippen LogP) is 4.91. The van der Waals surface area contributed by atoms with Gasteiger partial charge in [0.15, 0.2) is 4.90 Å². The van der Waals surface area contributed by atoms with Gasteiger partial charge in [0, 0.05) is 28.9 Å². The maximum atomic E-state index is 13.4. The summed E-state index contributed by atoms with van der Waals surface area (Å²) in [5.74, 6) is 5.87. The maximum Gasteiger partial charge on any atom is 0.406 e. The zero-order valence-corrected chi connectivity index (χ0v) is 20.6. The first-order valence-corrected chi connectivity index (χ1v) is 13.1. The van der Waals surface area contributed by atoms with Crippen LogP contribution in [0.25, 0.3) is 10.9 Å². The average molecular weight is 503 g/mol. The Labute approximate surface area is 206 Å². The fourth-order valence-electron chi connectivity index (χ4n) is 4.30. The van der Waals surface area contributed by atoms with Gasteiger partial charge in [-0.15, -0.1) is 0 Å². The second-order valence-corrected chi connectivity index (χ2v) is 10.2. The van der Waals surface area contributed by atoms with Gasteiger partial charge in [-0.05, 0) is 80.4 Å². The summed E-state index contributed by atoms with van der Waals surface area (Å²) in [7, 11) is 2.09. The van der Waals surface area contributed by atoms with E-state index in [0.29, 0.717) is 16.1 Å². The number of fused-ring (bicyclic) bond motifs is 1. The van der Waals surface area contributed by atoms with Crippen LogP contribution in [0.4, 0.5) is 24.5 Å². The van der Waals surface area contributed by atoms with E-state index in [1.165, 1.54) is 4.57 Å². The van der Waals surface area contributed by atoms with Crippen molar-refractivity contribution in [2.45, 2.75) is 36.5 Å². The molecule has 1 saturated heterocycles. The number of alkyl halides is 3. The lowest BCUT2D eigenvalue weighted by Gasteiger charge is -2.30. The Kier molecular flexibility index (Phi) is 7.85. The van der Waals surface area contributed by atoms with E-state index in [1.807, 2.05) is 12.1 Å². The fraction of sp³-hybridized carbons (Fsp3) is 0.385. The van der Waals surface area contributed by atoms with E-state index in [2.05, 4.69) is 34.4 Å². The topological polar surface area (TPSA) is 55.3 Å². The fourth-order valence-corrected chi connectivity index (χ4v) is 4.87. The van der Waals surface area contributed by atoms with Gasteiger partial charge in [0.25, 0.3) is 0 Å². The van der Waals surface area contributed by atoms with Crippen molar-refractivity contribution in [2.24, 2.45) is 0 Å². The number of anilines is 2. The number of nitrogens with zero attached hydrogens (tertiary/aromatic N) is 2. The molecule has 0 spiro atoms. The van der Waals surface area contributed by atoms with Gasteiger partial charge >= 0.3 is 6.18 Å². The summed E-state index contributed by atoms with van der Waals surface area (Å²) in [6.45, 7) is 1.12. The number of hydrogen-bond acceptors (Lipinski definition) is 4. The molecule has 2 aromatic carbocycles. The molecule has 1 aromatic heterocycles. The predicted molar refractivity (Wildman–Crippen MR) is 136 cm³/mol. The van der Waals surface area contributed by atoms with Gasteiger partial charge < -0.3 is 24.7 Å². The molecule has 9 heteroatoms. The van der Waals surface area contributed by atoms with Gasteiger partial charge in [0.2, 0.25) is 0 Å². The normalized spacial score (nSPS) is 16.1. The highest BCUT2D eigenvalue weighted by Gasteiger charge is 2.30. The molecular formula is C26H29F3N4OS. The standard InChI is InChI=1S/C26H29F3N4OS/c1-32-14-11-19(12-15-32)31-24-9-4-10-25-23(24)17-21(33(25)18-26(27,28)29)7-5-13-30-20-6-3-8-22(16-20)35(2)34/h3-4,6,8-10,16-17,19,30-31H,11-15,18H2,1-2H3. The number of nitrogens with one attached hydrogen (secondary N) is 2. The third kappa shape index (κ3) is 6.66. The number of rotatable bonds is 6. The summed E-state index contributed by atoms with van der Waals surface area (Å²) in [4.78, 5) is 2.97. The Balaban J connectivity index is 1.58. The maximum absolute atomic E-state index is 13.4. The summed E-state index contributed by atoms with van der Waals surface area (Å²) in [5.41, 5.74) is 2.42. The van der Waals surface area contributed by atoms with Crippen molar-refractivity contribution >= 4 is 33.5 Å². The summed E-state index contributed by atoms with van der Waals surface area (Å²) < 4.78 is 53.2. The first-order valence-electron chi connectivity index (χ1n) is 11.5. The molecule has 3 aromatic rings. The number of benzene rings is 2. The van der Waals surface area contributed by atoms with Crippen molar-refractivity contribution in [1.82, 2.24) is 9.47 Å². The molecule has 2 N–H and O–H groups in total. The van der Waals surface area contributed by atoms with Crippen molar-refractivity contribution in [1.29, 1.82) is 0 Å². The Morgan fingerprint density at radius 3 is 2.57 bits per heavy atom. The third-order valence-electron chi connectivity index (χ3n) is 6.12. The van der Waals surface area contributed by atoms with Crippen molar-refractivity contribution in [2.75, 3.05) is 43.6 Å². The Morgan fingerprint density at radius 1 is 1.11 bits per heavy atom. The van der Waals surface area contributed by atoms with Crippen LogP contribution in [0.15, 0.2) is 53.4 Å². The van der Waals surface area contributed by atoms with Crippen LogP contribution in [0.3, 0.4) is 0 Å². The average Bonchev–Trinajstić information content (AvgIpc) is 3.15. The van der Waals surface area contributed by atoms with Crippen molar-refractivity contribution in [3.05, 3.63) is 54.2 Å². The lowest BCUT2D eigenvalue weighted by Crippen LogP contribution is -2.36. The van der Waals surface area contributed by atoms with E-state index in [1.54, 1.807) is 42.7 Å². The molecule has 35 heavy (non-hydrogen) atoms. The molecule has 5 nitrogen and oxygen atoms in total. The van der Waals surface area contributed by atoms with Crippen molar-refractivity contribution in [3.8, 4) is 11.8 Å². The molecule has 1 unspecified atom stereocenters. The molecule has 0 amide bonds. The van der Waals surface area contributed by atoms with E-state index in [4.69, 9.17) is 0 Å². The molecule has 1 aliphatic heterocycles. The van der Waals surface area contributed by atoms with E-state index in [0.717, 1.165) is 42.7 Å². The Bertz CT molecular complexity index is 1220. The molecule has 186 valence electrons. The number of halogens is 3. The number of hydrogen-bond donors (Lipinski definition) is 2. The van der Waals surface area contributed by atoms with E-state index in [-0.39, 0.29) is 12.6 Å². The summed E-state index contributed by atoms with van der Waals surface area (Å²) in [6, 6.07) is 14.6. The quantitative estimate of drug-likeness (QED) is 0.372. The number of aromatic nitrogens is 1. The minimum atomic E-state index is -4.37. The monoisotopic (exact) mass is 502 g/mol. The molecule has 0 bridgehead atoms. The SMILES string of the molecule is CN1CCC(Nc2cccc3c2cc(C#CCNc2cccc([S+](C)[O-])c2)n3CC(F)(F)F)CC1. The molecule has 0 radical (unpaired) electrons. The van der Waals surface area contributed by atoms with Crippen LogP contribution in [-0.2, 0) is 17.7 Å². The highest BCUT2D eigenvalue weighted by molar-refractivity contribution is 7.90. The lowest BCUT2D eigenvalue weighted by atomic mass is 10.0. The highest BCUT2D eigenvalue weighted by Crippen LogP contribution is 2.31. The molecule has 0 aliphatic carbocycles. The Morgan fingerprint density at radius 2 is 1.86 bits per heavy atom. The lowest BCUT2D eigenvalue weighted by molar-refractivity contribution is -0.140. The van der Waals surface area contributed by atoms with Gasteiger partial charge in [0.1, 0.15) is 12.8 Å². The Hall–Kier alpha value is -2.80. The largest absolute Gasteiger partial charge is 0.612 e. The molecule has 2 heterocycles. The van der Waals surface area contributed by atoms with Crippen LogP contribution in [-0.4, -0.2) is 59.2 Å². The zero-order valence-electron chi connectivity index (χ0n) is 19.8. The molecular weight excluding hydrogens is 473 g/mol. The molecule has 4 rings (SSSR count). The van der Waals surface area contributed by atoms with Crippen LogP contribution < -0.4 is 10.6 Å². The van der Waals surface area contributed by atoms with Crippen LogP contribution in [0.1, 0.15) is 18.5 Å².